The Balaban J connectivity index is 1.89. The summed E-state index contributed by atoms with van der Waals surface area (Å²) >= 11 is 3.11. The lowest BCUT2D eigenvalue weighted by Gasteiger charge is -2.06. The maximum Gasteiger partial charge on any atom is 0.216 e. The molecule has 1 heterocycles. The molecule has 0 fully saturated rings. The molecule has 21 heavy (non-hydrogen) atoms. The zero-order valence-corrected chi connectivity index (χ0v) is 13.9. The maximum absolute atomic E-state index is 10.8. The smallest absolute Gasteiger partial charge is 0.216 e. The number of nitrogens with one attached hydrogen (secondary N) is 2. The fraction of sp³-hybridized carbons (Fsp3) is 0.357. The van der Waals surface area contributed by atoms with E-state index in [1.807, 2.05) is 0 Å². The van der Waals surface area contributed by atoms with Gasteiger partial charge in [0.2, 0.25) is 11.0 Å². The summed E-state index contributed by atoms with van der Waals surface area (Å²) in [5, 5.41) is 15.1. The summed E-state index contributed by atoms with van der Waals surface area (Å²) in [6, 6.07) is 6.25. The number of aryl methyl sites for hydroxylation is 2. The topological polar surface area (TPSA) is 66.9 Å². The standard InChI is InChI=1S/C14H18N4OS2/c1-9-4-5-12(10(2)8-9)16-13-17-18-14(21-13)20-7-6-15-11(3)19/h4-5,8H,6-7H2,1-3H3,(H,15,19)(H,16,17). The van der Waals surface area contributed by atoms with Crippen LogP contribution in [0.4, 0.5) is 10.8 Å². The number of thioether (sulfide) groups is 1. The van der Waals surface area contributed by atoms with Crippen LogP contribution in [0.25, 0.3) is 0 Å². The Bertz CT molecular complexity index is 627. The van der Waals surface area contributed by atoms with E-state index in [4.69, 9.17) is 0 Å². The van der Waals surface area contributed by atoms with Gasteiger partial charge in [0.05, 0.1) is 0 Å². The number of nitrogens with zero attached hydrogens (tertiary/aromatic N) is 2. The van der Waals surface area contributed by atoms with Crippen LogP contribution in [0.15, 0.2) is 22.5 Å². The van der Waals surface area contributed by atoms with Crippen LogP contribution >= 0.6 is 23.1 Å². The third-order valence-electron chi connectivity index (χ3n) is 2.73. The van der Waals surface area contributed by atoms with E-state index in [0.29, 0.717) is 6.54 Å². The molecule has 0 spiro atoms. The first kappa shape index (κ1) is 15.8. The summed E-state index contributed by atoms with van der Waals surface area (Å²) in [6.07, 6.45) is 0. The van der Waals surface area contributed by atoms with Gasteiger partial charge in [0.1, 0.15) is 0 Å². The fourth-order valence-electron chi connectivity index (χ4n) is 1.75. The largest absolute Gasteiger partial charge is 0.356 e. The normalized spacial score (nSPS) is 10.4. The molecule has 1 aromatic heterocycles. The van der Waals surface area contributed by atoms with Crippen LogP contribution in [-0.4, -0.2) is 28.4 Å². The highest BCUT2D eigenvalue weighted by Crippen LogP contribution is 2.28. The van der Waals surface area contributed by atoms with Gasteiger partial charge < -0.3 is 10.6 Å². The fourth-order valence-corrected chi connectivity index (χ4v) is 3.44. The highest BCUT2D eigenvalue weighted by atomic mass is 32.2. The third-order valence-corrected chi connectivity index (χ3v) is 4.71. The molecule has 0 atom stereocenters. The second kappa shape index (κ2) is 7.42. The number of aromatic nitrogens is 2. The molecule has 5 nitrogen and oxygen atoms in total. The van der Waals surface area contributed by atoms with E-state index < -0.39 is 0 Å². The molecular formula is C14H18N4OS2. The molecule has 0 aliphatic carbocycles. The summed E-state index contributed by atoms with van der Waals surface area (Å²) in [7, 11) is 0. The van der Waals surface area contributed by atoms with Crippen molar-refractivity contribution in [1.29, 1.82) is 0 Å². The molecule has 0 bridgehead atoms. The van der Waals surface area contributed by atoms with Crippen molar-refractivity contribution in [2.45, 2.75) is 25.1 Å². The Morgan fingerprint density at radius 1 is 1.33 bits per heavy atom. The van der Waals surface area contributed by atoms with Crippen molar-refractivity contribution >= 4 is 39.8 Å². The van der Waals surface area contributed by atoms with Gasteiger partial charge in [-0.1, -0.05) is 40.8 Å². The van der Waals surface area contributed by atoms with Crippen molar-refractivity contribution in [3.63, 3.8) is 0 Å². The zero-order chi connectivity index (χ0) is 15.2. The zero-order valence-electron chi connectivity index (χ0n) is 12.3. The first-order valence-electron chi connectivity index (χ1n) is 6.59. The van der Waals surface area contributed by atoms with Crippen molar-refractivity contribution in [3.05, 3.63) is 29.3 Å². The average molecular weight is 322 g/mol. The number of carbonyl (C=O) groups is 1. The molecule has 0 saturated carbocycles. The Morgan fingerprint density at radius 2 is 2.14 bits per heavy atom. The molecule has 7 heteroatoms. The molecular weight excluding hydrogens is 304 g/mol. The Hall–Kier alpha value is -1.60. The number of hydrogen-bond acceptors (Lipinski definition) is 6. The molecule has 0 unspecified atom stereocenters. The van der Waals surface area contributed by atoms with E-state index in [1.54, 1.807) is 11.8 Å². The minimum atomic E-state index is -0.00920. The number of benzene rings is 1. The van der Waals surface area contributed by atoms with E-state index in [1.165, 1.54) is 29.4 Å². The Kier molecular flexibility index (Phi) is 5.58. The Morgan fingerprint density at radius 3 is 2.86 bits per heavy atom. The molecule has 2 rings (SSSR count). The van der Waals surface area contributed by atoms with Crippen molar-refractivity contribution in [3.8, 4) is 0 Å². The average Bonchev–Trinajstić information content (AvgIpc) is 2.85. The minimum absolute atomic E-state index is 0.00920. The molecule has 112 valence electrons. The summed E-state index contributed by atoms with van der Waals surface area (Å²) in [5.41, 5.74) is 3.47. The Labute approximate surface area is 132 Å². The highest BCUT2D eigenvalue weighted by Gasteiger charge is 2.06. The molecule has 0 aliphatic heterocycles. The van der Waals surface area contributed by atoms with Crippen LogP contribution in [0.2, 0.25) is 0 Å². The maximum atomic E-state index is 10.8. The van der Waals surface area contributed by atoms with Crippen LogP contribution in [0, 0.1) is 13.8 Å². The van der Waals surface area contributed by atoms with Gasteiger partial charge in [0.15, 0.2) is 4.34 Å². The van der Waals surface area contributed by atoms with Gasteiger partial charge in [-0.15, -0.1) is 10.2 Å². The van der Waals surface area contributed by atoms with E-state index in [2.05, 4.69) is 52.9 Å². The lowest BCUT2D eigenvalue weighted by Crippen LogP contribution is -2.22. The van der Waals surface area contributed by atoms with E-state index in [9.17, 15) is 4.79 Å². The van der Waals surface area contributed by atoms with Crippen LogP contribution in [-0.2, 0) is 4.79 Å². The van der Waals surface area contributed by atoms with E-state index in [-0.39, 0.29) is 5.91 Å². The van der Waals surface area contributed by atoms with Gasteiger partial charge in [0, 0.05) is 24.9 Å². The van der Waals surface area contributed by atoms with Gasteiger partial charge in [-0.3, -0.25) is 4.79 Å². The van der Waals surface area contributed by atoms with Gasteiger partial charge in [-0.05, 0) is 25.5 Å². The van der Waals surface area contributed by atoms with E-state index in [0.717, 1.165) is 20.9 Å². The molecule has 1 amide bonds. The number of anilines is 2. The van der Waals surface area contributed by atoms with E-state index >= 15 is 0 Å². The lowest BCUT2D eigenvalue weighted by atomic mass is 10.1. The molecule has 0 radical (unpaired) electrons. The first-order valence-corrected chi connectivity index (χ1v) is 8.40. The van der Waals surface area contributed by atoms with Gasteiger partial charge >= 0.3 is 0 Å². The van der Waals surface area contributed by atoms with Crippen LogP contribution in [0.3, 0.4) is 0 Å². The predicted molar refractivity (Wildman–Crippen MR) is 88.5 cm³/mol. The molecule has 0 saturated heterocycles. The number of amides is 1. The van der Waals surface area contributed by atoms with Crippen LogP contribution in [0.1, 0.15) is 18.1 Å². The van der Waals surface area contributed by atoms with Gasteiger partial charge in [-0.25, -0.2) is 0 Å². The molecule has 1 aromatic carbocycles. The van der Waals surface area contributed by atoms with Crippen molar-refractivity contribution < 1.29 is 4.79 Å². The summed E-state index contributed by atoms with van der Waals surface area (Å²) in [4.78, 5) is 10.8. The first-order chi connectivity index (χ1) is 10.0. The van der Waals surface area contributed by atoms with Crippen molar-refractivity contribution in [1.82, 2.24) is 15.5 Å². The van der Waals surface area contributed by atoms with Crippen LogP contribution in [0.5, 0.6) is 0 Å². The third kappa shape index (κ3) is 5.02. The van der Waals surface area contributed by atoms with Gasteiger partial charge in [0.25, 0.3) is 0 Å². The molecule has 2 aromatic rings. The predicted octanol–water partition coefficient (Wildman–Crippen LogP) is 3.13. The summed E-state index contributed by atoms with van der Waals surface area (Å²) in [5.74, 6) is 0.780. The van der Waals surface area contributed by atoms with Crippen LogP contribution < -0.4 is 10.6 Å². The highest BCUT2D eigenvalue weighted by molar-refractivity contribution is 8.01. The number of rotatable bonds is 6. The molecule has 0 aliphatic rings. The molecule has 2 N–H and O–H groups in total. The second-order valence-electron chi connectivity index (χ2n) is 4.65. The quantitative estimate of drug-likeness (QED) is 0.632. The summed E-state index contributed by atoms with van der Waals surface area (Å²) in [6.45, 7) is 6.30. The van der Waals surface area contributed by atoms with Crippen molar-refractivity contribution in [2.75, 3.05) is 17.6 Å². The number of hydrogen-bond donors (Lipinski definition) is 2. The number of carbonyl (C=O) groups excluding carboxylic acids is 1. The second-order valence-corrected chi connectivity index (χ2v) is 6.97. The van der Waals surface area contributed by atoms with Crippen molar-refractivity contribution in [2.24, 2.45) is 0 Å². The summed E-state index contributed by atoms with van der Waals surface area (Å²) < 4.78 is 0.896. The van der Waals surface area contributed by atoms with Gasteiger partial charge in [-0.2, -0.15) is 0 Å². The minimum Gasteiger partial charge on any atom is -0.356 e. The SMILES string of the molecule is CC(=O)NCCSc1nnc(Nc2ccc(C)cc2C)s1. The lowest BCUT2D eigenvalue weighted by molar-refractivity contribution is -0.118. The monoisotopic (exact) mass is 322 g/mol.